The van der Waals surface area contributed by atoms with Crippen LogP contribution in [0, 0.1) is 0 Å². The van der Waals surface area contributed by atoms with E-state index in [1.807, 2.05) is 0 Å². The maximum atomic E-state index is 12.4. The number of nitrogens with one attached hydrogen (secondary N) is 2. The molecule has 0 aliphatic heterocycles. The second-order valence-corrected chi connectivity index (χ2v) is 4.94. The molecule has 0 spiro atoms. The van der Waals surface area contributed by atoms with E-state index in [2.05, 4.69) is 20.1 Å². The van der Waals surface area contributed by atoms with Crippen molar-refractivity contribution in [3.05, 3.63) is 42.0 Å². The van der Waals surface area contributed by atoms with Crippen molar-refractivity contribution in [1.29, 1.82) is 0 Å². The molecule has 1 rings (SSSR count). The first-order valence-electron chi connectivity index (χ1n) is 7.38. The Morgan fingerprint density at radius 2 is 1.80 bits per heavy atom. The highest BCUT2D eigenvalue weighted by atomic mass is 16.5. The van der Waals surface area contributed by atoms with Crippen LogP contribution in [0.2, 0.25) is 0 Å². The molecule has 0 saturated heterocycles. The topological polar surface area (TPSA) is 111 Å². The zero-order valence-electron chi connectivity index (χ0n) is 14.2. The van der Waals surface area contributed by atoms with E-state index in [4.69, 9.17) is 0 Å². The molecule has 0 unspecified atom stereocenters. The number of hydrogen-bond acceptors (Lipinski definition) is 6. The average molecular weight is 348 g/mol. The maximum absolute atomic E-state index is 12.4. The van der Waals surface area contributed by atoms with Crippen molar-refractivity contribution in [2.75, 3.05) is 19.5 Å². The number of para-hydroxylation sites is 1. The minimum absolute atomic E-state index is 0.0375. The number of methoxy groups -OCH3 is 2. The molecule has 1 atom stereocenters. The fraction of sp³-hybridized carbons (Fsp3) is 0.294. The van der Waals surface area contributed by atoms with Gasteiger partial charge in [-0.05, 0) is 18.6 Å². The van der Waals surface area contributed by atoms with Crippen LogP contribution in [0.15, 0.2) is 36.4 Å². The highest BCUT2D eigenvalue weighted by molar-refractivity contribution is 6.04. The van der Waals surface area contributed by atoms with Crippen LogP contribution in [0.1, 0.15) is 23.7 Å². The summed E-state index contributed by atoms with van der Waals surface area (Å²) < 4.78 is 9.11. The Kier molecular flexibility index (Phi) is 7.85. The maximum Gasteiger partial charge on any atom is 0.330 e. The summed E-state index contributed by atoms with van der Waals surface area (Å²) in [5.74, 6) is -2.14. The first kappa shape index (κ1) is 19.9. The molecule has 8 heteroatoms. The molecule has 8 nitrogen and oxygen atoms in total. The molecule has 0 aliphatic rings. The Bertz CT molecular complexity index is 683. The molecule has 134 valence electrons. The van der Waals surface area contributed by atoms with Gasteiger partial charge in [0, 0.05) is 13.0 Å². The van der Waals surface area contributed by atoms with Gasteiger partial charge in [0.2, 0.25) is 5.91 Å². The number of carbonyl (C=O) groups excluding carboxylic acids is 4. The molecule has 0 bridgehead atoms. The summed E-state index contributed by atoms with van der Waals surface area (Å²) in [5.41, 5.74) is 0.518. The molecule has 0 radical (unpaired) electrons. The number of esters is 2. The van der Waals surface area contributed by atoms with Crippen LogP contribution in [0.5, 0.6) is 0 Å². The van der Waals surface area contributed by atoms with E-state index < -0.39 is 23.9 Å². The van der Waals surface area contributed by atoms with Crippen molar-refractivity contribution in [1.82, 2.24) is 5.32 Å². The Morgan fingerprint density at radius 1 is 1.12 bits per heavy atom. The molecular weight excluding hydrogens is 328 g/mol. The average Bonchev–Trinajstić information content (AvgIpc) is 2.59. The first-order chi connectivity index (χ1) is 11.9. The molecular formula is C17H20N2O6. The lowest BCUT2D eigenvalue weighted by Gasteiger charge is -2.16. The van der Waals surface area contributed by atoms with Gasteiger partial charge in [0.25, 0.3) is 5.91 Å². The number of benzene rings is 1. The largest absolute Gasteiger partial charge is 0.467 e. The van der Waals surface area contributed by atoms with Crippen LogP contribution in [-0.2, 0) is 23.9 Å². The van der Waals surface area contributed by atoms with E-state index in [1.165, 1.54) is 33.3 Å². The summed E-state index contributed by atoms with van der Waals surface area (Å²) >= 11 is 0. The van der Waals surface area contributed by atoms with Gasteiger partial charge in [0.1, 0.15) is 6.04 Å². The van der Waals surface area contributed by atoms with Gasteiger partial charge in [0.05, 0.1) is 25.5 Å². The lowest BCUT2D eigenvalue weighted by Crippen LogP contribution is -2.41. The standard InChI is InChI=1S/C17H20N2O6/c1-11(20)18-13-8-5-4-7-12(13)16(22)19-14(17(23)25-3)9-6-10-15(21)24-2/h4-8,10,14H,9H2,1-3H3,(H,18,20)(H,19,22)/b10-6+/t14-/m1/s1. The monoisotopic (exact) mass is 348 g/mol. The molecule has 2 amide bonds. The fourth-order valence-electron chi connectivity index (χ4n) is 1.94. The smallest absolute Gasteiger partial charge is 0.330 e. The summed E-state index contributed by atoms with van der Waals surface area (Å²) in [4.78, 5) is 46.6. The molecule has 0 aliphatic carbocycles. The van der Waals surface area contributed by atoms with Crippen LogP contribution < -0.4 is 10.6 Å². The molecule has 0 heterocycles. The van der Waals surface area contributed by atoms with Crippen LogP contribution in [0.4, 0.5) is 5.69 Å². The third-order valence-corrected chi connectivity index (χ3v) is 3.10. The Labute approximate surface area is 145 Å². The minimum Gasteiger partial charge on any atom is -0.467 e. The normalized spacial score (nSPS) is 11.5. The van der Waals surface area contributed by atoms with E-state index in [1.54, 1.807) is 18.2 Å². The highest BCUT2D eigenvalue weighted by Gasteiger charge is 2.22. The number of rotatable bonds is 7. The molecule has 0 fully saturated rings. The molecule has 2 N–H and O–H groups in total. The number of carbonyl (C=O) groups is 4. The van der Waals surface area contributed by atoms with Crippen LogP contribution in [-0.4, -0.2) is 44.0 Å². The van der Waals surface area contributed by atoms with Crippen LogP contribution in [0.25, 0.3) is 0 Å². The molecule has 0 saturated carbocycles. The Hall–Kier alpha value is -3.16. The van der Waals surface area contributed by atoms with Crippen molar-refractivity contribution in [2.45, 2.75) is 19.4 Å². The minimum atomic E-state index is -0.996. The van der Waals surface area contributed by atoms with E-state index in [9.17, 15) is 19.2 Å². The summed E-state index contributed by atoms with van der Waals surface area (Å²) in [6, 6.07) is 5.38. The number of anilines is 1. The highest BCUT2D eigenvalue weighted by Crippen LogP contribution is 2.15. The van der Waals surface area contributed by atoms with Gasteiger partial charge in [-0.15, -0.1) is 0 Å². The quantitative estimate of drug-likeness (QED) is 0.562. The lowest BCUT2D eigenvalue weighted by atomic mass is 10.1. The van der Waals surface area contributed by atoms with Crippen molar-refractivity contribution in [2.24, 2.45) is 0 Å². The summed E-state index contributed by atoms with van der Waals surface area (Å²) in [5, 5.41) is 5.07. The van der Waals surface area contributed by atoms with Crippen LogP contribution in [0.3, 0.4) is 0 Å². The Morgan fingerprint density at radius 3 is 2.40 bits per heavy atom. The van der Waals surface area contributed by atoms with Crippen molar-refractivity contribution in [3.8, 4) is 0 Å². The molecule has 0 aromatic heterocycles. The first-order valence-corrected chi connectivity index (χ1v) is 7.38. The number of amides is 2. The van der Waals surface area contributed by atoms with Gasteiger partial charge in [0.15, 0.2) is 0 Å². The van der Waals surface area contributed by atoms with E-state index in [-0.39, 0.29) is 17.9 Å². The van der Waals surface area contributed by atoms with Gasteiger partial charge >= 0.3 is 11.9 Å². The van der Waals surface area contributed by atoms with Crippen LogP contribution >= 0.6 is 0 Å². The summed E-state index contributed by atoms with van der Waals surface area (Å²) in [6.07, 6.45) is 2.58. The molecule has 1 aromatic rings. The zero-order chi connectivity index (χ0) is 18.8. The lowest BCUT2D eigenvalue weighted by molar-refractivity contribution is -0.143. The van der Waals surface area contributed by atoms with Crippen molar-refractivity contribution >= 4 is 29.4 Å². The fourth-order valence-corrected chi connectivity index (χ4v) is 1.94. The molecule has 25 heavy (non-hydrogen) atoms. The van der Waals surface area contributed by atoms with Crippen molar-refractivity contribution < 1.29 is 28.7 Å². The SMILES string of the molecule is COC(=O)/C=C/C[C@@H](NC(=O)c1ccccc1NC(C)=O)C(=O)OC. The second kappa shape index (κ2) is 9.86. The third-order valence-electron chi connectivity index (χ3n) is 3.10. The summed E-state index contributed by atoms with van der Waals surface area (Å²) in [7, 11) is 2.42. The Balaban J connectivity index is 2.92. The second-order valence-electron chi connectivity index (χ2n) is 4.94. The van der Waals surface area contributed by atoms with E-state index >= 15 is 0 Å². The van der Waals surface area contributed by atoms with Gasteiger partial charge < -0.3 is 20.1 Å². The van der Waals surface area contributed by atoms with E-state index in [0.717, 1.165) is 6.08 Å². The van der Waals surface area contributed by atoms with Gasteiger partial charge in [-0.3, -0.25) is 9.59 Å². The van der Waals surface area contributed by atoms with E-state index in [0.29, 0.717) is 5.69 Å². The van der Waals surface area contributed by atoms with Gasteiger partial charge in [-0.2, -0.15) is 0 Å². The third kappa shape index (κ3) is 6.46. The van der Waals surface area contributed by atoms with Crippen molar-refractivity contribution in [3.63, 3.8) is 0 Å². The number of hydrogen-bond donors (Lipinski definition) is 2. The van der Waals surface area contributed by atoms with Gasteiger partial charge in [-0.1, -0.05) is 18.2 Å². The summed E-state index contributed by atoms with van der Waals surface area (Å²) in [6.45, 7) is 1.32. The zero-order valence-corrected chi connectivity index (χ0v) is 14.2. The molecule has 1 aromatic carbocycles. The van der Waals surface area contributed by atoms with Gasteiger partial charge in [-0.25, -0.2) is 9.59 Å². The number of ether oxygens (including phenoxy) is 2. The predicted molar refractivity (Wildman–Crippen MR) is 89.8 cm³/mol. The predicted octanol–water partition coefficient (Wildman–Crippen LogP) is 1.04.